The van der Waals surface area contributed by atoms with E-state index in [1.165, 1.54) is 5.56 Å². The highest BCUT2D eigenvalue weighted by molar-refractivity contribution is 6.75. The van der Waals surface area contributed by atoms with Gasteiger partial charge in [0, 0.05) is 6.10 Å². The van der Waals surface area contributed by atoms with Crippen molar-refractivity contribution in [3.63, 3.8) is 0 Å². The molecule has 0 amide bonds. The van der Waals surface area contributed by atoms with Crippen LogP contribution in [-0.4, -0.2) is 49.9 Å². The standard InChI is InChI=1S/C33H66O4Si3/c1-26(23-27(2)35-38(12,13)31(3,4)5)30(37-40(16,17)33(9,10)11)29(36-39(14,15)32(6,7)8)25-34-24-28-21-19-18-20-22-28/h18-22,26-27,29-30H,23-25H2,1-17H3/t26-,27-,29+,30+/m1/s1. The maximum atomic E-state index is 7.30. The third-order valence-electron chi connectivity index (χ3n) is 9.82. The van der Waals surface area contributed by atoms with E-state index in [4.69, 9.17) is 18.0 Å². The van der Waals surface area contributed by atoms with Gasteiger partial charge in [-0.05, 0) is 79.2 Å². The highest BCUT2D eigenvalue weighted by atomic mass is 28.4. The molecule has 7 heteroatoms. The minimum atomic E-state index is -2.10. The molecule has 0 aliphatic rings. The third-order valence-corrected chi connectivity index (χ3v) is 23.4. The van der Waals surface area contributed by atoms with E-state index in [1.807, 2.05) is 6.07 Å². The Balaban J connectivity index is 3.39. The summed E-state index contributed by atoms with van der Waals surface area (Å²) in [4.78, 5) is 0. The van der Waals surface area contributed by atoms with Crippen molar-refractivity contribution in [3.8, 4) is 0 Å². The number of rotatable bonds is 14. The molecule has 1 rings (SSSR count). The van der Waals surface area contributed by atoms with Gasteiger partial charge in [-0.1, -0.05) is 99.6 Å². The highest BCUT2D eigenvalue weighted by Crippen LogP contribution is 2.43. The first-order chi connectivity index (χ1) is 17.8. The molecular formula is C33H66O4Si3. The second kappa shape index (κ2) is 14.0. The predicted octanol–water partition coefficient (Wildman–Crippen LogP) is 10.4. The summed E-state index contributed by atoms with van der Waals surface area (Å²) < 4.78 is 27.7. The summed E-state index contributed by atoms with van der Waals surface area (Å²) in [7, 11) is -6.07. The number of hydrogen-bond donors (Lipinski definition) is 0. The lowest BCUT2D eigenvalue weighted by Gasteiger charge is -2.47. The second-order valence-electron chi connectivity index (χ2n) is 16.7. The van der Waals surface area contributed by atoms with E-state index in [2.05, 4.69) is 140 Å². The molecule has 4 atom stereocenters. The zero-order chi connectivity index (χ0) is 31.4. The van der Waals surface area contributed by atoms with E-state index < -0.39 is 25.0 Å². The molecule has 1 aromatic rings. The molecule has 0 heterocycles. The van der Waals surface area contributed by atoms with Crippen LogP contribution in [0.1, 0.15) is 88.1 Å². The maximum absolute atomic E-state index is 7.30. The Hall–Kier alpha value is -0.289. The van der Waals surface area contributed by atoms with Crippen LogP contribution in [-0.2, 0) is 24.6 Å². The van der Waals surface area contributed by atoms with Gasteiger partial charge in [0.05, 0.1) is 25.4 Å². The number of benzene rings is 1. The molecule has 0 unspecified atom stereocenters. The van der Waals surface area contributed by atoms with Crippen molar-refractivity contribution in [1.82, 2.24) is 0 Å². The summed E-state index contributed by atoms with van der Waals surface area (Å²) >= 11 is 0. The van der Waals surface area contributed by atoms with Crippen molar-refractivity contribution in [2.24, 2.45) is 5.92 Å². The van der Waals surface area contributed by atoms with Gasteiger partial charge in [-0.2, -0.15) is 0 Å². The van der Waals surface area contributed by atoms with Crippen molar-refractivity contribution in [1.29, 1.82) is 0 Å². The largest absolute Gasteiger partial charge is 0.414 e. The Kier molecular flexibility index (Phi) is 13.2. The summed E-state index contributed by atoms with van der Waals surface area (Å²) in [6, 6.07) is 10.4. The lowest BCUT2D eigenvalue weighted by molar-refractivity contribution is -0.0541. The van der Waals surface area contributed by atoms with Crippen molar-refractivity contribution in [2.45, 2.75) is 162 Å². The molecule has 234 valence electrons. The van der Waals surface area contributed by atoms with E-state index in [1.54, 1.807) is 0 Å². The molecule has 0 radical (unpaired) electrons. The summed E-state index contributed by atoms with van der Waals surface area (Å²) in [6.07, 6.45) is 0.868. The fraction of sp³-hybridized carbons (Fsp3) is 0.818. The Bertz CT molecular complexity index is 880. The minimum Gasteiger partial charge on any atom is -0.414 e. The van der Waals surface area contributed by atoms with E-state index in [-0.39, 0.29) is 39.3 Å². The normalized spacial score (nSPS) is 17.4. The summed E-state index contributed by atoms with van der Waals surface area (Å²) in [6.45, 7) is 40.6. The Morgan fingerprint density at radius 3 is 1.50 bits per heavy atom. The third kappa shape index (κ3) is 11.1. The smallest absolute Gasteiger partial charge is 0.192 e. The number of hydrogen-bond acceptors (Lipinski definition) is 4. The summed E-state index contributed by atoms with van der Waals surface area (Å²) in [5.41, 5.74) is 1.18. The lowest BCUT2D eigenvalue weighted by atomic mass is 9.94. The zero-order valence-electron chi connectivity index (χ0n) is 29.5. The van der Waals surface area contributed by atoms with Crippen molar-refractivity contribution in [2.75, 3.05) is 6.61 Å². The second-order valence-corrected chi connectivity index (χ2v) is 30.9. The Labute approximate surface area is 252 Å². The molecule has 0 aliphatic carbocycles. The molecule has 0 spiro atoms. The van der Waals surface area contributed by atoms with Crippen molar-refractivity contribution >= 4 is 25.0 Å². The van der Waals surface area contributed by atoms with Crippen LogP contribution >= 0.6 is 0 Å². The quantitative estimate of drug-likeness (QED) is 0.196. The Morgan fingerprint density at radius 2 is 1.05 bits per heavy atom. The average Bonchev–Trinajstić information content (AvgIpc) is 2.74. The first-order valence-electron chi connectivity index (χ1n) is 15.5. The highest BCUT2D eigenvalue weighted by Gasteiger charge is 2.47. The van der Waals surface area contributed by atoms with Crippen LogP contribution < -0.4 is 0 Å². The predicted molar refractivity (Wildman–Crippen MR) is 182 cm³/mol. The van der Waals surface area contributed by atoms with Crippen LogP contribution in [0.5, 0.6) is 0 Å². The van der Waals surface area contributed by atoms with Gasteiger partial charge in [-0.25, -0.2) is 0 Å². The molecule has 0 bridgehead atoms. The van der Waals surface area contributed by atoms with Crippen LogP contribution in [0.2, 0.25) is 54.4 Å². The monoisotopic (exact) mass is 610 g/mol. The van der Waals surface area contributed by atoms with Gasteiger partial charge in [0.1, 0.15) is 0 Å². The van der Waals surface area contributed by atoms with Crippen LogP contribution in [0, 0.1) is 5.92 Å². The summed E-state index contributed by atoms with van der Waals surface area (Å²) in [5, 5.41) is 0.371. The van der Waals surface area contributed by atoms with Gasteiger partial charge < -0.3 is 18.0 Å². The SMILES string of the molecule is C[C@H](C[C@@H](C)[C@H](O[Si](C)(C)C(C)(C)C)[C@H](COCc1ccccc1)O[Si](C)(C)C(C)(C)C)O[Si](C)(C)C(C)(C)C. The first kappa shape index (κ1) is 37.7. The van der Waals surface area contributed by atoms with Gasteiger partial charge in [-0.3, -0.25) is 0 Å². The molecule has 0 saturated carbocycles. The zero-order valence-corrected chi connectivity index (χ0v) is 32.5. The molecule has 0 aromatic heterocycles. The minimum absolute atomic E-state index is 0.0729. The first-order valence-corrected chi connectivity index (χ1v) is 24.2. The van der Waals surface area contributed by atoms with E-state index in [0.717, 1.165) is 6.42 Å². The van der Waals surface area contributed by atoms with Gasteiger partial charge in [0.15, 0.2) is 25.0 Å². The van der Waals surface area contributed by atoms with Crippen molar-refractivity contribution < 1.29 is 18.0 Å². The van der Waals surface area contributed by atoms with Crippen molar-refractivity contribution in [3.05, 3.63) is 35.9 Å². The molecule has 40 heavy (non-hydrogen) atoms. The molecular weight excluding hydrogens is 545 g/mol. The van der Waals surface area contributed by atoms with E-state index >= 15 is 0 Å². The summed E-state index contributed by atoms with van der Waals surface area (Å²) in [5.74, 6) is 0.254. The number of ether oxygens (including phenoxy) is 1. The van der Waals surface area contributed by atoms with Crippen LogP contribution in [0.3, 0.4) is 0 Å². The fourth-order valence-electron chi connectivity index (χ4n) is 4.08. The molecule has 0 saturated heterocycles. The Morgan fingerprint density at radius 1 is 0.625 bits per heavy atom. The molecule has 0 fully saturated rings. The van der Waals surface area contributed by atoms with Gasteiger partial charge in [0.2, 0.25) is 0 Å². The van der Waals surface area contributed by atoms with Crippen LogP contribution in [0.15, 0.2) is 30.3 Å². The maximum Gasteiger partial charge on any atom is 0.192 e. The van der Waals surface area contributed by atoms with E-state index in [9.17, 15) is 0 Å². The van der Waals surface area contributed by atoms with Gasteiger partial charge >= 0.3 is 0 Å². The van der Waals surface area contributed by atoms with Gasteiger partial charge in [-0.15, -0.1) is 0 Å². The molecule has 4 nitrogen and oxygen atoms in total. The average molecular weight is 611 g/mol. The topological polar surface area (TPSA) is 36.9 Å². The van der Waals surface area contributed by atoms with Crippen LogP contribution in [0.4, 0.5) is 0 Å². The fourth-order valence-corrected chi connectivity index (χ4v) is 8.27. The molecule has 0 N–H and O–H groups in total. The van der Waals surface area contributed by atoms with E-state index in [0.29, 0.717) is 13.2 Å². The lowest BCUT2D eigenvalue weighted by Crippen LogP contribution is -2.55. The molecule has 1 aromatic carbocycles. The van der Waals surface area contributed by atoms with Crippen LogP contribution in [0.25, 0.3) is 0 Å². The van der Waals surface area contributed by atoms with Gasteiger partial charge in [0.25, 0.3) is 0 Å². The molecule has 0 aliphatic heterocycles.